The summed E-state index contributed by atoms with van der Waals surface area (Å²) in [7, 11) is 0. The smallest absolute Gasteiger partial charge is 0.416 e. The lowest BCUT2D eigenvalue weighted by Gasteiger charge is -2.37. The highest BCUT2D eigenvalue weighted by atomic mass is 19.4. The SMILES string of the molecule is Cc1cc(C(=O)C2CC3CCC(C2)N3C(=O)OCC2c3ccccc3-c3ccccc32)ccc1C(F)(F)F. The number of Topliss-reactive ketones (excluding diaryl/α,β-unsaturated/α-hetero) is 1. The summed E-state index contributed by atoms with van der Waals surface area (Å²) in [5.41, 5.74) is 4.27. The van der Waals surface area contributed by atoms with Gasteiger partial charge in [-0.2, -0.15) is 13.2 Å². The van der Waals surface area contributed by atoms with Crippen molar-refractivity contribution in [2.75, 3.05) is 6.61 Å². The first-order valence-corrected chi connectivity index (χ1v) is 13.1. The monoisotopic (exact) mass is 519 g/mol. The van der Waals surface area contributed by atoms with Crippen molar-refractivity contribution < 1.29 is 27.5 Å². The molecule has 6 rings (SSSR count). The summed E-state index contributed by atoms with van der Waals surface area (Å²) in [6, 6.07) is 19.8. The highest BCUT2D eigenvalue weighted by Gasteiger charge is 2.46. The fourth-order valence-electron chi connectivity index (χ4n) is 6.73. The first kappa shape index (κ1) is 24.7. The fraction of sp³-hybridized carbons (Fsp3) is 0.355. The van der Waals surface area contributed by atoms with Crippen LogP contribution in [0.15, 0.2) is 66.7 Å². The first-order valence-electron chi connectivity index (χ1n) is 13.1. The van der Waals surface area contributed by atoms with E-state index in [9.17, 15) is 22.8 Å². The lowest BCUT2D eigenvalue weighted by atomic mass is 9.84. The Hall–Kier alpha value is -3.61. The van der Waals surface area contributed by atoms with E-state index in [2.05, 4.69) is 24.3 Å². The third kappa shape index (κ3) is 4.18. The molecule has 0 radical (unpaired) electrons. The first-order chi connectivity index (χ1) is 18.2. The van der Waals surface area contributed by atoms with Crippen LogP contribution < -0.4 is 0 Å². The Labute approximate surface area is 219 Å². The normalized spacial score (nSPS) is 22.2. The van der Waals surface area contributed by atoms with Crippen LogP contribution in [0.4, 0.5) is 18.0 Å². The molecule has 38 heavy (non-hydrogen) atoms. The summed E-state index contributed by atoms with van der Waals surface area (Å²) in [5, 5.41) is 0. The standard InChI is InChI=1S/C31H28F3NO3/c1-18-14-19(10-13-28(18)31(32,33)34)29(36)20-15-21-11-12-22(16-20)35(21)30(37)38-17-27-25-8-4-2-6-23(25)24-7-3-5-9-26(24)27/h2-10,13-14,20-22,27H,11-12,15-17H2,1H3. The number of nitrogens with zero attached hydrogens (tertiary/aromatic N) is 1. The van der Waals surface area contributed by atoms with E-state index in [-0.39, 0.29) is 48.0 Å². The number of benzene rings is 3. The summed E-state index contributed by atoms with van der Waals surface area (Å²) in [5.74, 6) is -0.488. The van der Waals surface area contributed by atoms with Gasteiger partial charge in [-0.3, -0.25) is 4.79 Å². The van der Waals surface area contributed by atoms with Crippen molar-refractivity contribution in [2.45, 2.75) is 56.8 Å². The van der Waals surface area contributed by atoms with E-state index in [1.54, 1.807) is 4.90 Å². The number of carbonyl (C=O) groups excluding carboxylic acids is 2. The van der Waals surface area contributed by atoms with E-state index in [1.165, 1.54) is 30.2 Å². The number of fused-ring (bicyclic) bond motifs is 5. The summed E-state index contributed by atoms with van der Waals surface area (Å²) in [4.78, 5) is 28.3. The predicted octanol–water partition coefficient (Wildman–Crippen LogP) is 7.39. The van der Waals surface area contributed by atoms with Gasteiger partial charge in [0.2, 0.25) is 0 Å². The van der Waals surface area contributed by atoms with Gasteiger partial charge in [0.15, 0.2) is 5.78 Å². The maximum Gasteiger partial charge on any atom is 0.416 e. The molecule has 0 spiro atoms. The number of aryl methyl sites for hydroxylation is 1. The van der Waals surface area contributed by atoms with Gasteiger partial charge in [0, 0.05) is 29.5 Å². The summed E-state index contributed by atoms with van der Waals surface area (Å²) in [6.45, 7) is 1.62. The molecule has 4 nitrogen and oxygen atoms in total. The highest BCUT2D eigenvalue weighted by Crippen LogP contribution is 2.45. The quantitative estimate of drug-likeness (QED) is 0.338. The van der Waals surface area contributed by atoms with Crippen molar-refractivity contribution in [2.24, 2.45) is 5.92 Å². The van der Waals surface area contributed by atoms with Crippen molar-refractivity contribution in [3.8, 4) is 11.1 Å². The van der Waals surface area contributed by atoms with Crippen molar-refractivity contribution >= 4 is 11.9 Å². The second kappa shape index (κ2) is 9.29. The van der Waals surface area contributed by atoms with Crippen LogP contribution >= 0.6 is 0 Å². The third-order valence-electron chi connectivity index (χ3n) is 8.47. The van der Waals surface area contributed by atoms with Crippen LogP contribution in [0.2, 0.25) is 0 Å². The zero-order chi connectivity index (χ0) is 26.6. The Balaban J connectivity index is 1.13. The number of rotatable bonds is 4. The number of alkyl halides is 3. The van der Waals surface area contributed by atoms with Crippen molar-refractivity contribution in [1.29, 1.82) is 0 Å². The Morgan fingerprint density at radius 1 is 0.895 bits per heavy atom. The van der Waals surface area contributed by atoms with Crippen LogP contribution in [-0.4, -0.2) is 35.5 Å². The molecule has 1 aliphatic carbocycles. The summed E-state index contributed by atoms with van der Waals surface area (Å²) in [6.07, 6.45) is -2.20. The molecule has 2 heterocycles. The molecule has 2 bridgehead atoms. The maximum atomic E-state index is 13.3. The van der Waals surface area contributed by atoms with E-state index in [1.807, 2.05) is 24.3 Å². The van der Waals surface area contributed by atoms with Crippen LogP contribution in [0.1, 0.15) is 64.2 Å². The molecule has 2 fully saturated rings. The van der Waals surface area contributed by atoms with Gasteiger partial charge in [-0.15, -0.1) is 0 Å². The third-order valence-corrected chi connectivity index (χ3v) is 8.47. The van der Waals surface area contributed by atoms with E-state index in [4.69, 9.17) is 4.74 Å². The predicted molar refractivity (Wildman–Crippen MR) is 137 cm³/mol. The second-order valence-electron chi connectivity index (χ2n) is 10.7. The van der Waals surface area contributed by atoms with E-state index in [0.29, 0.717) is 18.4 Å². The topological polar surface area (TPSA) is 46.6 Å². The minimum atomic E-state index is -4.45. The van der Waals surface area contributed by atoms with Crippen molar-refractivity contribution in [1.82, 2.24) is 4.90 Å². The van der Waals surface area contributed by atoms with Gasteiger partial charge < -0.3 is 9.64 Å². The fourth-order valence-corrected chi connectivity index (χ4v) is 6.73. The number of halogens is 3. The van der Waals surface area contributed by atoms with Crippen LogP contribution in [0, 0.1) is 12.8 Å². The van der Waals surface area contributed by atoms with Gasteiger partial charge in [0.05, 0.1) is 5.56 Å². The van der Waals surface area contributed by atoms with Gasteiger partial charge in [0.1, 0.15) is 6.61 Å². The number of hydrogen-bond donors (Lipinski definition) is 0. The van der Waals surface area contributed by atoms with Crippen molar-refractivity contribution in [3.63, 3.8) is 0 Å². The zero-order valence-electron chi connectivity index (χ0n) is 21.0. The number of amides is 1. The Bertz CT molecular complexity index is 1360. The van der Waals surface area contributed by atoms with Gasteiger partial charge >= 0.3 is 12.3 Å². The number of ketones is 1. The lowest BCUT2D eigenvalue weighted by Crippen LogP contribution is -2.48. The van der Waals surface area contributed by atoms with Crippen LogP contribution in [0.25, 0.3) is 11.1 Å². The largest absolute Gasteiger partial charge is 0.448 e. The van der Waals surface area contributed by atoms with E-state index in [0.717, 1.165) is 30.0 Å². The molecule has 3 aromatic carbocycles. The van der Waals surface area contributed by atoms with E-state index >= 15 is 0 Å². The molecule has 1 amide bonds. The van der Waals surface area contributed by atoms with Gasteiger partial charge in [-0.1, -0.05) is 54.6 Å². The molecule has 3 aromatic rings. The Kier molecular flexibility index (Phi) is 6.04. The molecule has 196 valence electrons. The van der Waals surface area contributed by atoms with Crippen LogP contribution in [0.5, 0.6) is 0 Å². The number of piperidine rings is 1. The Morgan fingerprint density at radius 3 is 2.03 bits per heavy atom. The highest BCUT2D eigenvalue weighted by molar-refractivity contribution is 5.98. The molecule has 7 heteroatoms. The molecule has 2 aliphatic heterocycles. The summed E-state index contributed by atoms with van der Waals surface area (Å²) < 4.78 is 45.3. The molecule has 0 aromatic heterocycles. The number of ether oxygens (including phenoxy) is 1. The van der Waals surface area contributed by atoms with Crippen LogP contribution in [-0.2, 0) is 10.9 Å². The molecule has 3 aliphatic rings. The molecular weight excluding hydrogens is 491 g/mol. The summed E-state index contributed by atoms with van der Waals surface area (Å²) >= 11 is 0. The zero-order valence-corrected chi connectivity index (χ0v) is 21.0. The molecule has 2 saturated heterocycles. The molecular formula is C31H28F3NO3. The molecule has 0 saturated carbocycles. The molecule has 2 unspecified atom stereocenters. The average Bonchev–Trinajstić information content (AvgIpc) is 3.36. The molecule has 0 N–H and O–H groups in total. The Morgan fingerprint density at radius 2 is 1.47 bits per heavy atom. The minimum Gasteiger partial charge on any atom is -0.448 e. The van der Waals surface area contributed by atoms with Crippen molar-refractivity contribution in [3.05, 3.63) is 94.5 Å². The number of hydrogen-bond acceptors (Lipinski definition) is 3. The van der Waals surface area contributed by atoms with Gasteiger partial charge in [0.25, 0.3) is 0 Å². The maximum absolute atomic E-state index is 13.3. The van der Waals surface area contributed by atoms with Gasteiger partial charge in [-0.05, 0) is 72.6 Å². The minimum absolute atomic E-state index is 0.0222. The van der Waals surface area contributed by atoms with Crippen LogP contribution in [0.3, 0.4) is 0 Å². The molecule has 2 atom stereocenters. The number of carbonyl (C=O) groups is 2. The lowest BCUT2D eigenvalue weighted by molar-refractivity contribution is -0.138. The average molecular weight is 520 g/mol. The second-order valence-corrected chi connectivity index (χ2v) is 10.7. The van der Waals surface area contributed by atoms with E-state index < -0.39 is 11.7 Å². The van der Waals surface area contributed by atoms with Gasteiger partial charge in [-0.25, -0.2) is 4.79 Å².